The third-order valence-corrected chi connectivity index (χ3v) is 4.49. The van der Waals surface area contributed by atoms with Crippen LogP contribution >= 0.6 is 0 Å². The van der Waals surface area contributed by atoms with Gasteiger partial charge in [0.25, 0.3) is 0 Å². The Bertz CT molecular complexity index is 889. The minimum Gasteiger partial charge on any atom is -0.365 e. The Kier molecular flexibility index (Phi) is 4.09. The molecule has 1 fully saturated rings. The molecule has 25 heavy (non-hydrogen) atoms. The van der Waals surface area contributed by atoms with Gasteiger partial charge >= 0.3 is 0 Å². The van der Waals surface area contributed by atoms with E-state index in [-0.39, 0.29) is 11.9 Å². The molecule has 0 unspecified atom stereocenters. The van der Waals surface area contributed by atoms with Crippen molar-refractivity contribution in [3.8, 4) is 11.3 Å². The molecule has 0 saturated carbocycles. The highest BCUT2D eigenvalue weighted by Crippen LogP contribution is 2.24. The zero-order chi connectivity index (χ0) is 17.2. The van der Waals surface area contributed by atoms with Gasteiger partial charge < -0.3 is 10.2 Å². The highest BCUT2D eigenvalue weighted by atomic mass is 16.2. The maximum atomic E-state index is 12.1. The lowest BCUT2D eigenvalue weighted by Crippen LogP contribution is -2.29. The lowest BCUT2D eigenvalue weighted by molar-refractivity contribution is -0.127. The predicted molar refractivity (Wildman–Crippen MR) is 97.3 cm³/mol. The first-order chi connectivity index (χ1) is 12.2. The predicted octanol–water partition coefficient (Wildman–Crippen LogP) is 2.82. The van der Waals surface area contributed by atoms with Crippen LogP contribution in [0.5, 0.6) is 0 Å². The van der Waals surface area contributed by atoms with Crippen molar-refractivity contribution < 1.29 is 4.79 Å². The van der Waals surface area contributed by atoms with Crippen molar-refractivity contribution in [2.75, 3.05) is 18.4 Å². The van der Waals surface area contributed by atoms with E-state index in [1.54, 1.807) is 10.7 Å². The van der Waals surface area contributed by atoms with Crippen molar-refractivity contribution in [2.45, 2.75) is 25.8 Å². The number of aromatic nitrogens is 3. The molecular formula is C19H21N5O. The van der Waals surface area contributed by atoms with Gasteiger partial charge in [-0.25, -0.2) is 4.98 Å². The molecule has 3 heterocycles. The second-order valence-corrected chi connectivity index (χ2v) is 6.38. The van der Waals surface area contributed by atoms with E-state index in [0.29, 0.717) is 6.42 Å². The number of anilines is 1. The van der Waals surface area contributed by atoms with E-state index >= 15 is 0 Å². The standard InChI is InChI=1S/C19H21N5O/c1-2-10-23-13-15(11-19(23)25)21-18-12-16(14-6-4-3-5-7-14)22-17-8-9-20-24(17)18/h3-9,12,15,21H,2,10-11,13H2,1H3/t15-/m1/s1. The smallest absolute Gasteiger partial charge is 0.224 e. The number of rotatable bonds is 5. The van der Waals surface area contributed by atoms with Crippen LogP contribution in [-0.2, 0) is 4.79 Å². The van der Waals surface area contributed by atoms with Crippen molar-refractivity contribution in [3.63, 3.8) is 0 Å². The summed E-state index contributed by atoms with van der Waals surface area (Å²) in [5.74, 6) is 1.08. The van der Waals surface area contributed by atoms with Gasteiger partial charge in [0.2, 0.25) is 5.91 Å². The van der Waals surface area contributed by atoms with Crippen LogP contribution in [0.3, 0.4) is 0 Å². The summed E-state index contributed by atoms with van der Waals surface area (Å²) in [6.45, 7) is 3.65. The fourth-order valence-corrected chi connectivity index (χ4v) is 3.34. The van der Waals surface area contributed by atoms with E-state index in [2.05, 4.69) is 22.3 Å². The maximum absolute atomic E-state index is 12.1. The number of nitrogens with zero attached hydrogens (tertiary/aromatic N) is 4. The second kappa shape index (κ2) is 6.55. The molecule has 2 aromatic heterocycles. The SMILES string of the molecule is CCCN1C[C@H](Nc2cc(-c3ccccc3)nc3ccnn23)CC1=O. The summed E-state index contributed by atoms with van der Waals surface area (Å²) >= 11 is 0. The first-order valence-electron chi connectivity index (χ1n) is 8.69. The van der Waals surface area contributed by atoms with Gasteiger partial charge in [0.05, 0.1) is 17.9 Å². The lowest BCUT2D eigenvalue weighted by Gasteiger charge is -2.17. The van der Waals surface area contributed by atoms with Gasteiger partial charge in [0.15, 0.2) is 5.65 Å². The van der Waals surface area contributed by atoms with Crippen LogP contribution in [0.25, 0.3) is 16.9 Å². The molecule has 6 heteroatoms. The molecule has 1 aliphatic heterocycles. The average molecular weight is 335 g/mol. The average Bonchev–Trinajstić information content (AvgIpc) is 3.23. The van der Waals surface area contributed by atoms with E-state index in [0.717, 1.165) is 42.2 Å². The van der Waals surface area contributed by atoms with Gasteiger partial charge in [-0.2, -0.15) is 9.61 Å². The molecular weight excluding hydrogens is 314 g/mol. The van der Waals surface area contributed by atoms with E-state index in [1.807, 2.05) is 47.4 Å². The monoisotopic (exact) mass is 335 g/mol. The zero-order valence-electron chi connectivity index (χ0n) is 14.2. The fourth-order valence-electron chi connectivity index (χ4n) is 3.34. The molecule has 3 aromatic rings. The Hall–Kier alpha value is -2.89. The third kappa shape index (κ3) is 3.07. The van der Waals surface area contributed by atoms with E-state index < -0.39 is 0 Å². The van der Waals surface area contributed by atoms with Crippen LogP contribution in [0.1, 0.15) is 19.8 Å². The van der Waals surface area contributed by atoms with E-state index in [9.17, 15) is 4.79 Å². The third-order valence-electron chi connectivity index (χ3n) is 4.49. The molecule has 0 bridgehead atoms. The molecule has 1 amide bonds. The largest absolute Gasteiger partial charge is 0.365 e. The number of hydrogen-bond acceptors (Lipinski definition) is 4. The molecule has 128 valence electrons. The van der Waals surface area contributed by atoms with Crippen molar-refractivity contribution in [3.05, 3.63) is 48.7 Å². The Morgan fingerprint density at radius 3 is 2.88 bits per heavy atom. The molecule has 0 spiro atoms. The number of amides is 1. The molecule has 1 N–H and O–H groups in total. The minimum atomic E-state index is 0.0949. The normalized spacial score (nSPS) is 17.4. The van der Waals surface area contributed by atoms with Gasteiger partial charge in [0, 0.05) is 37.2 Å². The number of hydrogen-bond donors (Lipinski definition) is 1. The van der Waals surface area contributed by atoms with Crippen LogP contribution in [0.4, 0.5) is 5.82 Å². The van der Waals surface area contributed by atoms with Crippen LogP contribution < -0.4 is 5.32 Å². The first kappa shape index (κ1) is 15.6. The molecule has 0 radical (unpaired) electrons. The zero-order valence-corrected chi connectivity index (χ0v) is 14.2. The van der Waals surface area contributed by atoms with Crippen LogP contribution in [0, 0.1) is 0 Å². The van der Waals surface area contributed by atoms with Crippen molar-refractivity contribution in [2.24, 2.45) is 0 Å². The number of benzene rings is 1. The lowest BCUT2D eigenvalue weighted by atomic mass is 10.1. The summed E-state index contributed by atoms with van der Waals surface area (Å²) in [4.78, 5) is 18.7. The molecule has 1 aliphatic rings. The van der Waals surface area contributed by atoms with Gasteiger partial charge in [0.1, 0.15) is 5.82 Å². The van der Waals surface area contributed by atoms with Gasteiger partial charge in [-0.1, -0.05) is 37.3 Å². The highest BCUT2D eigenvalue weighted by Gasteiger charge is 2.29. The summed E-state index contributed by atoms with van der Waals surface area (Å²) in [6.07, 6.45) is 3.24. The number of carbonyl (C=O) groups is 1. The Morgan fingerprint density at radius 2 is 2.08 bits per heavy atom. The van der Waals surface area contributed by atoms with Gasteiger partial charge in [-0.3, -0.25) is 4.79 Å². The summed E-state index contributed by atoms with van der Waals surface area (Å²) in [5, 5.41) is 7.86. The Morgan fingerprint density at radius 1 is 1.24 bits per heavy atom. The summed E-state index contributed by atoms with van der Waals surface area (Å²) in [7, 11) is 0. The van der Waals surface area contributed by atoms with Crippen molar-refractivity contribution >= 4 is 17.4 Å². The number of likely N-dealkylation sites (tertiary alicyclic amines) is 1. The van der Waals surface area contributed by atoms with Gasteiger partial charge in [-0.05, 0) is 6.42 Å². The first-order valence-corrected chi connectivity index (χ1v) is 8.69. The quantitative estimate of drug-likeness (QED) is 0.779. The molecule has 4 rings (SSSR count). The van der Waals surface area contributed by atoms with Crippen molar-refractivity contribution in [1.29, 1.82) is 0 Å². The molecule has 1 aromatic carbocycles. The topological polar surface area (TPSA) is 62.5 Å². The van der Waals surface area contributed by atoms with Crippen LogP contribution in [0.15, 0.2) is 48.7 Å². The highest BCUT2D eigenvalue weighted by molar-refractivity contribution is 5.80. The van der Waals surface area contributed by atoms with Crippen LogP contribution in [0.2, 0.25) is 0 Å². The maximum Gasteiger partial charge on any atom is 0.224 e. The summed E-state index contributed by atoms with van der Waals surface area (Å²) in [5.41, 5.74) is 2.74. The summed E-state index contributed by atoms with van der Waals surface area (Å²) < 4.78 is 1.79. The van der Waals surface area contributed by atoms with E-state index in [1.165, 1.54) is 0 Å². The molecule has 1 saturated heterocycles. The van der Waals surface area contributed by atoms with Crippen LogP contribution in [-0.4, -0.2) is 44.5 Å². The summed E-state index contributed by atoms with van der Waals surface area (Å²) in [6, 6.07) is 14.1. The minimum absolute atomic E-state index is 0.0949. The molecule has 0 aliphatic carbocycles. The number of nitrogens with one attached hydrogen (secondary N) is 1. The van der Waals surface area contributed by atoms with Crippen molar-refractivity contribution in [1.82, 2.24) is 19.5 Å². The second-order valence-electron chi connectivity index (χ2n) is 6.38. The van der Waals surface area contributed by atoms with E-state index in [4.69, 9.17) is 0 Å². The fraction of sp³-hybridized carbons (Fsp3) is 0.316. The molecule has 6 nitrogen and oxygen atoms in total. The molecule has 1 atom stereocenters. The number of carbonyl (C=O) groups excluding carboxylic acids is 1. The van der Waals surface area contributed by atoms with Gasteiger partial charge in [-0.15, -0.1) is 0 Å². The Balaban J connectivity index is 1.65. The Labute approximate surface area is 146 Å². The number of fused-ring (bicyclic) bond motifs is 1.